The first kappa shape index (κ1) is 18.5. The van der Waals surface area contributed by atoms with E-state index in [1.807, 2.05) is 6.92 Å². The van der Waals surface area contributed by atoms with E-state index in [0.717, 1.165) is 12.8 Å². The van der Waals surface area contributed by atoms with Crippen LogP contribution in [-0.2, 0) is 28.5 Å². The molecule has 2 saturated heterocycles. The van der Waals surface area contributed by atoms with Crippen molar-refractivity contribution in [3.05, 3.63) is 0 Å². The van der Waals surface area contributed by atoms with E-state index < -0.39 is 0 Å². The predicted octanol–water partition coefficient (Wildman–Crippen LogP) is -0.321. The Hall–Kier alpha value is -1.22. The van der Waals surface area contributed by atoms with Crippen LogP contribution in [0.25, 0.3) is 0 Å². The van der Waals surface area contributed by atoms with E-state index >= 15 is 0 Å². The van der Waals surface area contributed by atoms with Crippen LogP contribution in [0.2, 0.25) is 0 Å². The maximum absolute atomic E-state index is 12.4. The highest BCUT2D eigenvalue weighted by Gasteiger charge is 2.71. The van der Waals surface area contributed by atoms with Crippen LogP contribution in [0.15, 0.2) is 0 Å². The summed E-state index contributed by atoms with van der Waals surface area (Å²) in [6.07, 6.45) is 1.47. The lowest BCUT2D eigenvalue weighted by molar-refractivity contribution is -0.146. The van der Waals surface area contributed by atoms with Gasteiger partial charge in [-0.3, -0.25) is 9.59 Å². The summed E-state index contributed by atoms with van der Waals surface area (Å²) in [7, 11) is 0. The van der Waals surface area contributed by atoms with Gasteiger partial charge in [0.25, 0.3) is 0 Å². The van der Waals surface area contributed by atoms with Crippen molar-refractivity contribution in [3.8, 4) is 0 Å². The largest absolute Gasteiger partial charge is 0.465 e. The summed E-state index contributed by atoms with van der Waals surface area (Å²) in [6, 6.07) is -0.274. The summed E-state index contributed by atoms with van der Waals surface area (Å²) >= 11 is 0. The zero-order chi connectivity index (χ0) is 20.1. The highest BCUT2D eigenvalue weighted by atomic mass is 16.5. The highest BCUT2D eigenvalue weighted by Crippen LogP contribution is 2.64. The number of ether oxygens (including phenoxy) is 4. The molecule has 4 aliphatic carbocycles. The van der Waals surface area contributed by atoms with Crippen LogP contribution in [-0.4, -0.2) is 62.7 Å². The molecule has 4 saturated carbocycles. The van der Waals surface area contributed by atoms with E-state index in [-0.39, 0.29) is 83.1 Å². The second-order valence-electron chi connectivity index (χ2n) is 10.0. The predicted molar refractivity (Wildman–Crippen MR) is 99.1 cm³/mol. The second-order valence-corrected chi connectivity index (χ2v) is 10.0. The molecule has 6 aliphatic rings. The number of carbonyl (C=O) groups excluding carboxylic acids is 2. The van der Waals surface area contributed by atoms with Crippen LogP contribution >= 0.6 is 0 Å². The molecule has 0 aromatic rings. The second kappa shape index (κ2) is 6.15. The van der Waals surface area contributed by atoms with Crippen molar-refractivity contribution in [2.24, 2.45) is 58.3 Å². The number of cyclic esters (lactones) is 2. The van der Waals surface area contributed by atoms with E-state index in [1.165, 1.54) is 0 Å². The van der Waals surface area contributed by atoms with Crippen molar-refractivity contribution in [1.29, 1.82) is 0 Å². The third-order valence-corrected chi connectivity index (χ3v) is 9.27. The fourth-order valence-electron chi connectivity index (χ4n) is 8.10. The molecule has 0 aromatic carbocycles. The first-order chi connectivity index (χ1) is 14.0. The van der Waals surface area contributed by atoms with Crippen LogP contribution in [0, 0.1) is 46.8 Å². The van der Waals surface area contributed by atoms with Gasteiger partial charge in [-0.1, -0.05) is 0 Å². The van der Waals surface area contributed by atoms with Gasteiger partial charge in [0, 0.05) is 47.8 Å². The average molecular weight is 406 g/mol. The maximum atomic E-state index is 12.4. The molecule has 12 atom stereocenters. The summed E-state index contributed by atoms with van der Waals surface area (Å²) < 4.78 is 23.2. The van der Waals surface area contributed by atoms with Crippen LogP contribution in [0.4, 0.5) is 0 Å². The Kier molecular flexibility index (Phi) is 3.93. The zero-order valence-electron chi connectivity index (χ0n) is 16.7. The van der Waals surface area contributed by atoms with Gasteiger partial charge < -0.3 is 30.4 Å². The normalized spacial score (nSPS) is 56.6. The van der Waals surface area contributed by atoms with E-state index in [2.05, 4.69) is 0 Å². The summed E-state index contributed by atoms with van der Waals surface area (Å²) in [4.78, 5) is 24.6. The molecule has 6 fully saturated rings. The number of hydrogen-bond donors (Lipinski definition) is 2. The molecule has 0 spiro atoms. The van der Waals surface area contributed by atoms with E-state index in [0.29, 0.717) is 26.4 Å². The number of esters is 2. The first-order valence-corrected chi connectivity index (χ1v) is 11.1. The Balaban J connectivity index is 1.24. The molecular formula is C21H30N2O6. The van der Waals surface area contributed by atoms with Crippen LogP contribution in [0.3, 0.4) is 0 Å². The number of rotatable bonds is 5. The third-order valence-electron chi connectivity index (χ3n) is 9.27. The molecule has 2 aliphatic heterocycles. The Morgan fingerprint density at radius 1 is 0.966 bits per heavy atom. The summed E-state index contributed by atoms with van der Waals surface area (Å²) in [5, 5.41) is 0. The van der Waals surface area contributed by atoms with E-state index in [4.69, 9.17) is 30.4 Å². The molecular weight excluding hydrogens is 376 g/mol. The number of hydrogen-bond acceptors (Lipinski definition) is 8. The van der Waals surface area contributed by atoms with Gasteiger partial charge in [0.1, 0.15) is 0 Å². The fraction of sp³-hybridized carbons (Fsp3) is 0.905. The standard InChI is InChI=1S/C21H30N2O6/c1-2-26-17-10-4-21(18(17)23,12-6-28-20(25)14(10)12)7-29-16-9-3-8(15(16)22)11-5-27-19(24)13(9)11/h8-18H,2-7,22-23H2,1H3. The van der Waals surface area contributed by atoms with Crippen molar-refractivity contribution < 1.29 is 28.5 Å². The lowest BCUT2D eigenvalue weighted by Gasteiger charge is -2.43. The maximum Gasteiger partial charge on any atom is 0.309 e. The minimum atomic E-state index is -0.335. The van der Waals surface area contributed by atoms with Crippen molar-refractivity contribution in [2.75, 3.05) is 26.4 Å². The molecule has 160 valence electrons. The fourth-order valence-corrected chi connectivity index (χ4v) is 8.10. The summed E-state index contributed by atoms with van der Waals surface area (Å²) in [5.74, 6) is 0.403. The van der Waals surface area contributed by atoms with Gasteiger partial charge in [0.15, 0.2) is 0 Å². The molecule has 12 unspecified atom stereocenters. The van der Waals surface area contributed by atoms with Gasteiger partial charge in [-0.15, -0.1) is 0 Å². The Morgan fingerprint density at radius 2 is 1.72 bits per heavy atom. The first-order valence-electron chi connectivity index (χ1n) is 11.1. The quantitative estimate of drug-likeness (QED) is 0.596. The number of fused-ring (bicyclic) bond motifs is 10. The third kappa shape index (κ3) is 2.18. The Bertz CT molecular complexity index is 747. The minimum absolute atomic E-state index is 0.0730. The lowest BCUT2D eigenvalue weighted by Crippen LogP contribution is -2.57. The number of nitrogens with two attached hydrogens (primary N) is 2. The molecule has 4 bridgehead atoms. The van der Waals surface area contributed by atoms with Gasteiger partial charge in [0.2, 0.25) is 0 Å². The van der Waals surface area contributed by atoms with E-state index in [9.17, 15) is 9.59 Å². The van der Waals surface area contributed by atoms with Crippen LogP contribution in [0.5, 0.6) is 0 Å². The molecule has 29 heavy (non-hydrogen) atoms. The molecule has 8 heteroatoms. The minimum Gasteiger partial charge on any atom is -0.465 e. The van der Waals surface area contributed by atoms with Gasteiger partial charge in [-0.25, -0.2) is 0 Å². The molecule has 0 radical (unpaired) electrons. The number of carbonyl (C=O) groups is 2. The van der Waals surface area contributed by atoms with Crippen LogP contribution in [0.1, 0.15) is 19.8 Å². The van der Waals surface area contributed by atoms with Crippen LogP contribution < -0.4 is 11.5 Å². The Labute approximate surface area is 169 Å². The zero-order valence-corrected chi connectivity index (χ0v) is 16.7. The highest BCUT2D eigenvalue weighted by molar-refractivity contribution is 5.77. The van der Waals surface area contributed by atoms with Crippen molar-refractivity contribution >= 4 is 11.9 Å². The van der Waals surface area contributed by atoms with Gasteiger partial charge in [-0.05, 0) is 25.7 Å². The molecule has 4 N–H and O–H groups in total. The van der Waals surface area contributed by atoms with Gasteiger partial charge >= 0.3 is 11.9 Å². The molecule has 2 heterocycles. The average Bonchev–Trinajstić information content (AvgIpc) is 3.49. The van der Waals surface area contributed by atoms with Crippen molar-refractivity contribution in [2.45, 2.75) is 44.1 Å². The smallest absolute Gasteiger partial charge is 0.309 e. The topological polar surface area (TPSA) is 123 Å². The molecule has 0 amide bonds. The van der Waals surface area contributed by atoms with E-state index in [1.54, 1.807) is 0 Å². The molecule has 0 aromatic heterocycles. The molecule has 6 rings (SSSR count). The Morgan fingerprint density at radius 3 is 2.52 bits per heavy atom. The van der Waals surface area contributed by atoms with Crippen molar-refractivity contribution in [3.63, 3.8) is 0 Å². The lowest BCUT2D eigenvalue weighted by atomic mass is 9.68. The van der Waals surface area contributed by atoms with Crippen molar-refractivity contribution in [1.82, 2.24) is 0 Å². The molecule has 8 nitrogen and oxygen atoms in total. The van der Waals surface area contributed by atoms with Gasteiger partial charge in [0.05, 0.1) is 43.9 Å². The monoisotopic (exact) mass is 406 g/mol. The summed E-state index contributed by atoms with van der Waals surface area (Å²) in [6.45, 7) is 3.88. The van der Waals surface area contributed by atoms with Gasteiger partial charge in [-0.2, -0.15) is 0 Å². The summed E-state index contributed by atoms with van der Waals surface area (Å²) in [5.41, 5.74) is 12.9. The SMILES string of the molecule is CCOC1C2CC(COC3C(N)C4CC3C3C(=O)OCC43)(C1N)C1COC(=O)C21.